The average Bonchev–Trinajstić information content (AvgIpc) is 3.03. The molecule has 4 rings (SSSR count). The van der Waals surface area contributed by atoms with Gasteiger partial charge in [0.2, 0.25) is 0 Å². The highest BCUT2D eigenvalue weighted by Gasteiger charge is 2.39. The Morgan fingerprint density at radius 3 is 2.12 bits per heavy atom. The van der Waals surface area contributed by atoms with Gasteiger partial charge >= 0.3 is 0 Å². The van der Waals surface area contributed by atoms with Crippen LogP contribution in [0, 0.1) is 5.41 Å². The zero-order valence-corrected chi connectivity index (χ0v) is 15.4. The predicted octanol–water partition coefficient (Wildman–Crippen LogP) is 5.55. The zero-order chi connectivity index (χ0) is 18.1. The maximum absolute atomic E-state index is 12.5. The molecule has 0 fully saturated rings. The van der Waals surface area contributed by atoms with Gasteiger partial charge < -0.3 is 4.74 Å². The second kappa shape index (κ2) is 6.60. The normalized spacial score (nSPS) is 21.2. The van der Waals surface area contributed by atoms with Gasteiger partial charge in [0.15, 0.2) is 5.78 Å². The van der Waals surface area contributed by atoms with Crippen LogP contribution in [0.5, 0.6) is 0 Å². The number of Topliss-reactive ketones (excluding diaryl/α,β-unsaturated/α-hetero) is 1. The van der Waals surface area contributed by atoms with Gasteiger partial charge in [0.1, 0.15) is 11.9 Å². The Balaban J connectivity index is 1.66. The molecule has 0 aromatic heterocycles. The van der Waals surface area contributed by atoms with E-state index in [0.29, 0.717) is 12.8 Å². The van der Waals surface area contributed by atoms with Crippen LogP contribution in [0.4, 0.5) is 0 Å². The van der Waals surface area contributed by atoms with Crippen molar-refractivity contribution in [3.8, 4) is 0 Å². The maximum atomic E-state index is 12.5. The van der Waals surface area contributed by atoms with Crippen molar-refractivity contribution in [2.45, 2.75) is 39.2 Å². The predicted molar refractivity (Wildman–Crippen MR) is 105 cm³/mol. The number of rotatable bonds is 3. The van der Waals surface area contributed by atoms with Crippen LogP contribution in [0.2, 0.25) is 0 Å². The van der Waals surface area contributed by atoms with Crippen LogP contribution in [-0.2, 0) is 9.53 Å². The molecule has 0 radical (unpaired) electrons. The van der Waals surface area contributed by atoms with Gasteiger partial charge in [-0.05, 0) is 28.2 Å². The van der Waals surface area contributed by atoms with Crippen molar-refractivity contribution >= 4 is 11.4 Å². The average molecular weight is 344 g/mol. The molecule has 2 aliphatic rings. The van der Waals surface area contributed by atoms with E-state index in [1.165, 1.54) is 11.1 Å². The van der Waals surface area contributed by atoms with E-state index in [9.17, 15) is 4.79 Å². The molecule has 0 bridgehead atoms. The molecular weight excluding hydrogens is 320 g/mol. The van der Waals surface area contributed by atoms with Gasteiger partial charge in [-0.3, -0.25) is 4.79 Å². The number of benzene rings is 2. The van der Waals surface area contributed by atoms with Gasteiger partial charge in [-0.25, -0.2) is 0 Å². The second-order valence-corrected chi connectivity index (χ2v) is 8.02. The van der Waals surface area contributed by atoms with Gasteiger partial charge in [-0.1, -0.05) is 74.5 Å². The van der Waals surface area contributed by atoms with Crippen LogP contribution in [0.15, 0.2) is 78.1 Å². The minimum absolute atomic E-state index is 0.00376. The van der Waals surface area contributed by atoms with Crippen LogP contribution in [0.3, 0.4) is 0 Å². The number of ether oxygens (including phenoxy) is 1. The Morgan fingerprint density at radius 1 is 0.962 bits per heavy atom. The number of ketones is 1. The fourth-order valence-corrected chi connectivity index (χ4v) is 3.94. The summed E-state index contributed by atoms with van der Waals surface area (Å²) in [6.07, 6.45) is 4.27. The standard InChI is InChI=1S/C24H24O2/c1-24(2)15-22(25)21-14-19(26-23(21)16-24)13-20(17-9-5-3-6-10-17)18-11-7-4-8-12-18/h3-13,19H,14-16H2,1-2H3. The van der Waals surface area contributed by atoms with Crippen LogP contribution in [-0.4, -0.2) is 11.9 Å². The Labute approximate surface area is 155 Å². The first-order valence-corrected chi connectivity index (χ1v) is 9.26. The Bertz CT molecular complexity index is 831. The molecule has 2 heteroatoms. The summed E-state index contributed by atoms with van der Waals surface area (Å²) in [6, 6.07) is 20.7. The smallest absolute Gasteiger partial charge is 0.162 e. The van der Waals surface area contributed by atoms with E-state index in [1.807, 2.05) is 12.1 Å². The van der Waals surface area contributed by atoms with Gasteiger partial charge in [0.25, 0.3) is 0 Å². The van der Waals surface area contributed by atoms with Crippen molar-refractivity contribution in [3.05, 3.63) is 89.2 Å². The molecule has 2 aromatic rings. The quantitative estimate of drug-likeness (QED) is 0.729. The van der Waals surface area contributed by atoms with E-state index >= 15 is 0 Å². The zero-order valence-electron chi connectivity index (χ0n) is 15.4. The molecular formula is C24H24O2. The lowest BCUT2D eigenvalue weighted by atomic mass is 9.76. The number of carbonyl (C=O) groups excluding carboxylic acids is 1. The molecule has 26 heavy (non-hydrogen) atoms. The van der Waals surface area contributed by atoms with E-state index in [2.05, 4.69) is 68.5 Å². The highest BCUT2D eigenvalue weighted by Crippen LogP contribution is 2.43. The van der Waals surface area contributed by atoms with E-state index in [4.69, 9.17) is 4.74 Å². The molecule has 0 spiro atoms. The third-order valence-corrected chi connectivity index (χ3v) is 5.17. The van der Waals surface area contributed by atoms with E-state index in [-0.39, 0.29) is 17.3 Å². The van der Waals surface area contributed by atoms with Gasteiger partial charge in [-0.2, -0.15) is 0 Å². The summed E-state index contributed by atoms with van der Waals surface area (Å²) in [4.78, 5) is 12.5. The lowest BCUT2D eigenvalue weighted by Crippen LogP contribution is -2.24. The van der Waals surface area contributed by atoms with Crippen LogP contribution < -0.4 is 0 Å². The van der Waals surface area contributed by atoms with E-state index < -0.39 is 0 Å². The summed E-state index contributed by atoms with van der Waals surface area (Å²) in [5, 5.41) is 0. The molecule has 0 N–H and O–H groups in total. The summed E-state index contributed by atoms with van der Waals surface area (Å²) in [5.41, 5.74) is 4.39. The number of allylic oxidation sites excluding steroid dienone is 1. The van der Waals surface area contributed by atoms with E-state index in [1.54, 1.807) is 0 Å². The maximum Gasteiger partial charge on any atom is 0.162 e. The number of hydrogen-bond donors (Lipinski definition) is 0. The topological polar surface area (TPSA) is 26.3 Å². The largest absolute Gasteiger partial charge is 0.490 e. The summed E-state index contributed by atoms with van der Waals surface area (Å²) < 4.78 is 6.23. The summed E-state index contributed by atoms with van der Waals surface area (Å²) in [6.45, 7) is 4.28. The number of carbonyl (C=O) groups is 1. The third-order valence-electron chi connectivity index (χ3n) is 5.17. The fraction of sp³-hybridized carbons (Fsp3) is 0.292. The summed E-state index contributed by atoms with van der Waals surface area (Å²) >= 11 is 0. The summed E-state index contributed by atoms with van der Waals surface area (Å²) in [7, 11) is 0. The van der Waals surface area contributed by atoms with Crippen molar-refractivity contribution in [2.75, 3.05) is 0 Å². The van der Waals surface area contributed by atoms with E-state index in [0.717, 1.165) is 23.3 Å². The first-order chi connectivity index (χ1) is 12.5. The Morgan fingerprint density at radius 2 is 1.54 bits per heavy atom. The van der Waals surface area contributed by atoms with Crippen molar-refractivity contribution in [1.29, 1.82) is 0 Å². The minimum atomic E-state index is -0.0757. The molecule has 0 saturated heterocycles. The Hall–Kier alpha value is -2.61. The van der Waals surface area contributed by atoms with Gasteiger partial charge in [-0.15, -0.1) is 0 Å². The molecule has 1 aliphatic carbocycles. The molecule has 1 aliphatic heterocycles. The van der Waals surface area contributed by atoms with Crippen LogP contribution >= 0.6 is 0 Å². The van der Waals surface area contributed by atoms with Crippen molar-refractivity contribution in [1.82, 2.24) is 0 Å². The van der Waals surface area contributed by atoms with Crippen molar-refractivity contribution in [2.24, 2.45) is 5.41 Å². The first-order valence-electron chi connectivity index (χ1n) is 9.26. The highest BCUT2D eigenvalue weighted by atomic mass is 16.5. The summed E-state index contributed by atoms with van der Waals surface area (Å²) in [5.74, 6) is 1.17. The molecule has 2 nitrogen and oxygen atoms in total. The van der Waals surface area contributed by atoms with Gasteiger partial charge in [0, 0.05) is 24.8 Å². The lowest BCUT2D eigenvalue weighted by Gasteiger charge is -2.28. The fourth-order valence-electron chi connectivity index (χ4n) is 3.94. The minimum Gasteiger partial charge on any atom is -0.490 e. The molecule has 2 aromatic carbocycles. The van der Waals surface area contributed by atoms with Crippen molar-refractivity contribution in [3.63, 3.8) is 0 Å². The highest BCUT2D eigenvalue weighted by molar-refractivity contribution is 5.97. The molecule has 0 amide bonds. The SMILES string of the molecule is CC1(C)CC(=O)C2=C(C1)OC(C=C(c1ccccc1)c1ccccc1)C2. The van der Waals surface area contributed by atoms with Gasteiger partial charge in [0.05, 0.1) is 0 Å². The third kappa shape index (κ3) is 3.37. The first kappa shape index (κ1) is 16.8. The lowest BCUT2D eigenvalue weighted by molar-refractivity contribution is -0.118. The monoisotopic (exact) mass is 344 g/mol. The van der Waals surface area contributed by atoms with Crippen molar-refractivity contribution < 1.29 is 9.53 Å². The second-order valence-electron chi connectivity index (χ2n) is 8.02. The number of hydrogen-bond acceptors (Lipinski definition) is 2. The molecule has 132 valence electrons. The molecule has 1 atom stereocenters. The molecule has 1 heterocycles. The Kier molecular flexibility index (Phi) is 4.28. The van der Waals surface area contributed by atoms with Crippen LogP contribution in [0.1, 0.15) is 44.2 Å². The molecule has 0 saturated carbocycles. The molecule has 1 unspecified atom stereocenters. The van der Waals surface area contributed by atoms with Crippen LogP contribution in [0.25, 0.3) is 5.57 Å².